The summed E-state index contributed by atoms with van der Waals surface area (Å²) in [7, 11) is 0. The van der Waals surface area contributed by atoms with Crippen LogP contribution < -0.4 is 11.1 Å². The Kier molecular flexibility index (Phi) is 7.73. The van der Waals surface area contributed by atoms with Gasteiger partial charge in [-0.25, -0.2) is 0 Å². The van der Waals surface area contributed by atoms with Gasteiger partial charge in [-0.15, -0.1) is 0 Å². The summed E-state index contributed by atoms with van der Waals surface area (Å²) in [6, 6.07) is 8.78. The second-order valence-electron chi connectivity index (χ2n) is 7.15. The summed E-state index contributed by atoms with van der Waals surface area (Å²) >= 11 is 0. The standard InChI is InChI=1S/C20H33N5O/c21-20(22-8-3-10-24-13-15-26-16-14-24)23-9-4-11-25-12-7-18-5-1-2-6-19(18)17-25/h1-2,5-6H,3-4,7-17H2,(H3,21,22,23). The van der Waals surface area contributed by atoms with Crippen molar-refractivity contribution in [3.63, 3.8) is 0 Å². The Labute approximate surface area is 157 Å². The van der Waals surface area contributed by atoms with Crippen LogP contribution in [0.15, 0.2) is 29.3 Å². The van der Waals surface area contributed by atoms with Crippen molar-refractivity contribution in [2.75, 3.05) is 59.0 Å². The predicted molar refractivity (Wildman–Crippen MR) is 106 cm³/mol. The van der Waals surface area contributed by atoms with E-state index in [0.29, 0.717) is 5.96 Å². The Morgan fingerprint density at radius 2 is 1.81 bits per heavy atom. The molecule has 6 nitrogen and oxygen atoms in total. The quantitative estimate of drug-likeness (QED) is 0.413. The van der Waals surface area contributed by atoms with Crippen molar-refractivity contribution >= 4 is 5.96 Å². The van der Waals surface area contributed by atoms with Crippen LogP contribution in [0.2, 0.25) is 0 Å². The number of nitrogens with one attached hydrogen (secondary N) is 1. The molecule has 2 heterocycles. The number of rotatable bonds is 8. The van der Waals surface area contributed by atoms with E-state index in [-0.39, 0.29) is 0 Å². The van der Waals surface area contributed by atoms with Gasteiger partial charge in [0, 0.05) is 45.8 Å². The number of aliphatic imine (C=N–C) groups is 1. The lowest BCUT2D eigenvalue weighted by molar-refractivity contribution is 0.0376. The maximum atomic E-state index is 5.97. The first-order valence-electron chi connectivity index (χ1n) is 9.94. The maximum Gasteiger partial charge on any atom is 0.188 e. The van der Waals surface area contributed by atoms with Gasteiger partial charge >= 0.3 is 0 Å². The summed E-state index contributed by atoms with van der Waals surface area (Å²) in [5.74, 6) is 0.580. The molecule has 0 radical (unpaired) electrons. The van der Waals surface area contributed by atoms with E-state index in [1.165, 1.54) is 11.1 Å². The predicted octanol–water partition coefficient (Wildman–Crippen LogP) is 1.06. The van der Waals surface area contributed by atoms with E-state index in [9.17, 15) is 0 Å². The normalized spacial score (nSPS) is 19.3. The lowest BCUT2D eigenvalue weighted by Gasteiger charge is -2.28. The highest BCUT2D eigenvalue weighted by Gasteiger charge is 2.14. The maximum absolute atomic E-state index is 5.97. The summed E-state index contributed by atoms with van der Waals surface area (Å²) in [6.45, 7) is 9.89. The SMILES string of the molecule is NC(=NCCCN1CCc2ccccc2C1)NCCCN1CCOCC1. The molecule has 1 aromatic rings. The molecular formula is C20H33N5O. The van der Waals surface area contributed by atoms with Crippen molar-refractivity contribution in [3.05, 3.63) is 35.4 Å². The Hall–Kier alpha value is -1.63. The van der Waals surface area contributed by atoms with Crippen molar-refractivity contribution in [3.8, 4) is 0 Å². The smallest absolute Gasteiger partial charge is 0.188 e. The summed E-state index contributed by atoms with van der Waals surface area (Å²) in [6.07, 6.45) is 3.30. The first-order valence-corrected chi connectivity index (χ1v) is 9.94. The molecule has 0 bridgehead atoms. The number of guanidine groups is 1. The highest BCUT2D eigenvalue weighted by molar-refractivity contribution is 5.77. The zero-order chi connectivity index (χ0) is 18.0. The van der Waals surface area contributed by atoms with E-state index in [0.717, 1.165) is 84.8 Å². The first kappa shape index (κ1) is 19.1. The van der Waals surface area contributed by atoms with Gasteiger partial charge in [-0.2, -0.15) is 0 Å². The second-order valence-corrected chi connectivity index (χ2v) is 7.15. The molecule has 3 N–H and O–H groups in total. The second kappa shape index (κ2) is 10.5. The van der Waals surface area contributed by atoms with Gasteiger partial charge in [0.15, 0.2) is 5.96 Å². The minimum absolute atomic E-state index is 0.580. The summed E-state index contributed by atoms with van der Waals surface area (Å²) in [4.78, 5) is 9.42. The van der Waals surface area contributed by atoms with E-state index < -0.39 is 0 Å². The highest BCUT2D eigenvalue weighted by Crippen LogP contribution is 2.18. The average Bonchev–Trinajstić information content (AvgIpc) is 2.69. The van der Waals surface area contributed by atoms with Crippen LogP contribution in [0.4, 0.5) is 0 Å². The van der Waals surface area contributed by atoms with Gasteiger partial charge in [0.05, 0.1) is 13.2 Å². The number of hydrogen-bond acceptors (Lipinski definition) is 4. The van der Waals surface area contributed by atoms with Gasteiger partial charge in [-0.3, -0.25) is 14.8 Å². The molecule has 0 aliphatic carbocycles. The fourth-order valence-corrected chi connectivity index (χ4v) is 3.64. The minimum Gasteiger partial charge on any atom is -0.379 e. The van der Waals surface area contributed by atoms with Crippen LogP contribution in [0.3, 0.4) is 0 Å². The third-order valence-corrected chi connectivity index (χ3v) is 5.19. The van der Waals surface area contributed by atoms with Crippen LogP contribution in [0, 0.1) is 0 Å². The molecule has 6 heteroatoms. The molecule has 3 rings (SSSR count). The van der Waals surface area contributed by atoms with Gasteiger partial charge in [-0.05, 0) is 36.9 Å². The zero-order valence-corrected chi connectivity index (χ0v) is 15.8. The van der Waals surface area contributed by atoms with Crippen molar-refractivity contribution in [1.29, 1.82) is 0 Å². The van der Waals surface area contributed by atoms with Crippen LogP contribution in [0.25, 0.3) is 0 Å². The minimum atomic E-state index is 0.580. The third kappa shape index (κ3) is 6.27. The number of hydrogen-bond donors (Lipinski definition) is 2. The molecular weight excluding hydrogens is 326 g/mol. The van der Waals surface area contributed by atoms with Gasteiger partial charge in [0.1, 0.15) is 0 Å². The molecule has 0 aromatic heterocycles. The van der Waals surface area contributed by atoms with Crippen molar-refractivity contribution < 1.29 is 4.74 Å². The molecule has 0 unspecified atom stereocenters. The molecule has 1 aromatic carbocycles. The number of morpholine rings is 1. The molecule has 0 saturated carbocycles. The topological polar surface area (TPSA) is 66.1 Å². The highest BCUT2D eigenvalue weighted by atomic mass is 16.5. The Morgan fingerprint density at radius 3 is 2.65 bits per heavy atom. The van der Waals surface area contributed by atoms with Crippen molar-refractivity contribution in [1.82, 2.24) is 15.1 Å². The number of nitrogens with zero attached hydrogens (tertiary/aromatic N) is 3. The van der Waals surface area contributed by atoms with Gasteiger partial charge < -0.3 is 15.8 Å². The Bertz CT molecular complexity index is 571. The monoisotopic (exact) mass is 359 g/mol. The van der Waals surface area contributed by atoms with E-state index >= 15 is 0 Å². The lowest BCUT2D eigenvalue weighted by atomic mass is 10.00. The third-order valence-electron chi connectivity index (χ3n) is 5.19. The van der Waals surface area contributed by atoms with E-state index in [2.05, 4.69) is 44.4 Å². The molecule has 144 valence electrons. The van der Waals surface area contributed by atoms with E-state index in [4.69, 9.17) is 10.5 Å². The fourth-order valence-electron chi connectivity index (χ4n) is 3.64. The van der Waals surface area contributed by atoms with E-state index in [1.807, 2.05) is 0 Å². The molecule has 1 saturated heterocycles. The zero-order valence-electron chi connectivity index (χ0n) is 15.8. The first-order chi connectivity index (χ1) is 12.8. The van der Waals surface area contributed by atoms with Gasteiger partial charge in [0.2, 0.25) is 0 Å². The molecule has 2 aliphatic rings. The largest absolute Gasteiger partial charge is 0.379 e. The van der Waals surface area contributed by atoms with Gasteiger partial charge in [-0.1, -0.05) is 24.3 Å². The Morgan fingerprint density at radius 1 is 1.04 bits per heavy atom. The van der Waals surface area contributed by atoms with Crippen LogP contribution in [-0.4, -0.2) is 74.8 Å². The summed E-state index contributed by atoms with van der Waals surface area (Å²) in [5, 5.41) is 3.23. The molecule has 0 amide bonds. The number of benzene rings is 1. The number of nitrogens with two attached hydrogens (primary N) is 1. The van der Waals surface area contributed by atoms with Crippen molar-refractivity contribution in [2.45, 2.75) is 25.8 Å². The average molecular weight is 360 g/mol. The molecule has 1 fully saturated rings. The molecule has 26 heavy (non-hydrogen) atoms. The number of ether oxygens (including phenoxy) is 1. The van der Waals surface area contributed by atoms with E-state index in [1.54, 1.807) is 0 Å². The number of fused-ring (bicyclic) bond motifs is 1. The van der Waals surface area contributed by atoms with Crippen LogP contribution in [0.5, 0.6) is 0 Å². The lowest BCUT2D eigenvalue weighted by Crippen LogP contribution is -2.39. The Balaban J connectivity index is 1.24. The van der Waals surface area contributed by atoms with Crippen molar-refractivity contribution in [2.24, 2.45) is 10.7 Å². The molecule has 0 atom stereocenters. The summed E-state index contributed by atoms with van der Waals surface area (Å²) in [5.41, 5.74) is 8.95. The summed E-state index contributed by atoms with van der Waals surface area (Å²) < 4.78 is 5.36. The van der Waals surface area contributed by atoms with Crippen LogP contribution in [-0.2, 0) is 17.7 Å². The van der Waals surface area contributed by atoms with Gasteiger partial charge in [0.25, 0.3) is 0 Å². The van der Waals surface area contributed by atoms with Crippen LogP contribution >= 0.6 is 0 Å². The molecule has 0 spiro atoms. The van der Waals surface area contributed by atoms with Crippen LogP contribution in [0.1, 0.15) is 24.0 Å². The fraction of sp³-hybridized carbons (Fsp3) is 0.650. The molecule has 2 aliphatic heterocycles.